The summed E-state index contributed by atoms with van der Waals surface area (Å²) < 4.78 is 12.5. The third-order valence-corrected chi connectivity index (χ3v) is 30.9. The molecule has 0 amide bonds. The zero-order chi connectivity index (χ0) is 71.9. The fourth-order valence-electron chi connectivity index (χ4n) is 17.5. The van der Waals surface area contributed by atoms with Crippen molar-refractivity contribution in [2.24, 2.45) is 5.41 Å². The van der Waals surface area contributed by atoms with Gasteiger partial charge in [0, 0.05) is 71.8 Å². The molecular formula is C88H105Cl3Cs2N2O7P2Pd. The summed E-state index contributed by atoms with van der Waals surface area (Å²) >= 11 is 6.33. The average molecular weight is 1840 g/mol. The number of carboxylic acids is 1. The summed E-state index contributed by atoms with van der Waals surface area (Å²) in [5, 5.41) is 27.8. The number of aliphatic carboxylic acids is 1. The van der Waals surface area contributed by atoms with Crippen molar-refractivity contribution in [2.75, 3.05) is 0 Å². The van der Waals surface area contributed by atoms with Gasteiger partial charge in [-0.15, -0.1) is 0 Å². The van der Waals surface area contributed by atoms with Crippen molar-refractivity contribution in [1.82, 2.24) is 9.97 Å². The summed E-state index contributed by atoms with van der Waals surface area (Å²) in [6, 6.07) is 51.3. The van der Waals surface area contributed by atoms with Gasteiger partial charge in [0.05, 0.1) is 16.6 Å². The van der Waals surface area contributed by atoms with E-state index in [1.54, 1.807) is 181 Å². The standard InChI is InChI=1S/C23H14ClNO.C23H13NO.2C18H33P.C5H10O2.CH2O3.2ClH.2Cs.Pd.H/c24-20-12-3-1-8-19(20)22-16(11-6-14-25-22)18-10-5-9-17-15-7-2-4-13-21(15)26-23(17)18;1-2-8-17-14(6-1)16-11-12-18-15-7-3-4-10-20(15)25-23(18)21(16)19-9-5-13-24-22(17)19;2*1-4-10-16(11-5-1)19(17-12-6-2-7-13-17)18-14-8-3-9-15-18;1-5(2,3)4(6)7;2-1-4-3;;;;;;/h1-14H;1-13H;2*16-18H,1-15H2;1-3H3,(H,6,7);1,3H;2*1H;;;;/q;;;;;;;;2*+1;+2;-1/p-3. The van der Waals surface area contributed by atoms with Crippen molar-refractivity contribution in [1.29, 1.82) is 0 Å². The molecule has 1 N–H and O–H groups in total. The van der Waals surface area contributed by atoms with Gasteiger partial charge in [-0.25, -0.2) is 0 Å². The number of carbonyl (C=O) groups excluding carboxylic acids is 1. The van der Waals surface area contributed by atoms with Gasteiger partial charge in [-0.1, -0.05) is 258 Å². The molecular weight excluding hydrogens is 1740 g/mol. The van der Waals surface area contributed by atoms with E-state index in [0.29, 0.717) is 20.9 Å². The third-order valence-electron chi connectivity index (χ3n) is 22.4. The van der Waals surface area contributed by atoms with Crippen molar-refractivity contribution in [3.8, 4) is 22.4 Å². The normalized spacial score (nSPS) is 17.3. The molecule has 17 rings (SSSR count). The summed E-state index contributed by atoms with van der Waals surface area (Å²) in [7, 11) is 10.4. The zero-order valence-electron chi connectivity index (χ0n) is 63.5. The Morgan fingerprint density at radius 2 is 0.790 bits per heavy atom. The SMILES string of the molecule is C1CCC(P(C2CCCCC2)C2CCCCC2)CC1.C1CCC(P(C2CCCCC2)C2CCCCC2)CC1.CC(C)(C)C(=O)O.Clc1ccccc1-c1ncccc1-c1cccc2c1oc1ccccc12.O=CO[O-].[Cl][Pd][Cl].[Cs+].[Cs+].[H-].c1ccc2c(c1)oc1c2ccc2c3ccccc3c3ncccc3c21. The van der Waals surface area contributed by atoms with Crippen molar-refractivity contribution in [3.63, 3.8) is 0 Å². The van der Waals surface area contributed by atoms with Crippen LogP contribution in [-0.4, -0.2) is 61.5 Å². The van der Waals surface area contributed by atoms with Crippen LogP contribution in [0.5, 0.6) is 0 Å². The van der Waals surface area contributed by atoms with Crippen LogP contribution in [0.15, 0.2) is 173 Å². The smallest absolute Gasteiger partial charge is 1.00 e. The van der Waals surface area contributed by atoms with E-state index in [-0.39, 0.29) is 162 Å². The first-order valence-corrected chi connectivity index (χ1v) is 45.8. The molecule has 552 valence electrons. The molecule has 11 aromatic rings. The Kier molecular flexibility index (Phi) is 37.9. The van der Waals surface area contributed by atoms with Crippen molar-refractivity contribution in [2.45, 2.75) is 247 Å². The van der Waals surface area contributed by atoms with Gasteiger partial charge in [0.1, 0.15) is 22.3 Å². The molecule has 4 aromatic heterocycles. The molecule has 6 aliphatic carbocycles. The number of carbonyl (C=O) groups is 2. The van der Waals surface area contributed by atoms with E-state index in [2.05, 4.69) is 99.8 Å². The van der Waals surface area contributed by atoms with Crippen LogP contribution < -0.4 is 143 Å². The van der Waals surface area contributed by atoms with Gasteiger partial charge in [-0.2, -0.15) is 0 Å². The first kappa shape index (κ1) is 87.6. The van der Waals surface area contributed by atoms with Crippen LogP contribution in [0.25, 0.3) is 98.7 Å². The van der Waals surface area contributed by atoms with Gasteiger partial charge in [0.15, 0.2) is 0 Å². The Bertz CT molecular complexity index is 4310. The summed E-state index contributed by atoms with van der Waals surface area (Å²) in [5.74, 6) is -0.757. The Balaban J connectivity index is 0.000000168. The van der Waals surface area contributed by atoms with E-state index in [9.17, 15) is 4.79 Å². The molecule has 17 heteroatoms. The van der Waals surface area contributed by atoms with Gasteiger partial charge in [-0.05, 0) is 179 Å². The monoisotopic (exact) mass is 1840 g/mol. The Morgan fingerprint density at radius 1 is 0.457 bits per heavy atom. The molecule has 0 saturated heterocycles. The van der Waals surface area contributed by atoms with Crippen LogP contribution >= 0.6 is 46.5 Å². The molecule has 9 nitrogen and oxygen atoms in total. The molecule has 7 aromatic carbocycles. The number of carboxylic acid groups (broad SMARTS) is 1. The fourth-order valence-corrected chi connectivity index (χ4v) is 27.1. The quantitative estimate of drug-likeness (QED) is 0.0374. The Morgan fingerprint density at radius 3 is 1.23 bits per heavy atom. The van der Waals surface area contributed by atoms with Crippen LogP contribution in [0, 0.1) is 5.41 Å². The number of pyridine rings is 2. The Labute approximate surface area is 766 Å². The number of fused-ring (bicyclic) bond motifs is 13. The van der Waals surface area contributed by atoms with Crippen LogP contribution in [0.2, 0.25) is 5.02 Å². The number of aromatic nitrogens is 2. The van der Waals surface area contributed by atoms with Crippen LogP contribution in [-0.2, 0) is 30.4 Å². The van der Waals surface area contributed by atoms with E-state index >= 15 is 0 Å². The third kappa shape index (κ3) is 23.4. The largest absolute Gasteiger partial charge is 1.00 e. The molecule has 0 unspecified atom stereocenters. The van der Waals surface area contributed by atoms with Gasteiger partial charge in [0.25, 0.3) is 6.47 Å². The molecule has 0 bridgehead atoms. The minimum atomic E-state index is -0.757. The maximum absolute atomic E-state index is 10.0. The molecule has 6 saturated carbocycles. The molecule has 6 aliphatic rings. The minimum absolute atomic E-state index is 0. The minimum Gasteiger partial charge on any atom is -1.00 e. The second kappa shape index (κ2) is 45.5. The van der Waals surface area contributed by atoms with Gasteiger partial charge in [0.2, 0.25) is 0 Å². The molecule has 6 fully saturated rings. The van der Waals surface area contributed by atoms with E-state index in [0.717, 1.165) is 82.6 Å². The molecule has 0 radical (unpaired) electrons. The summed E-state index contributed by atoms with van der Waals surface area (Å²) in [6.45, 7) is 4.81. The molecule has 105 heavy (non-hydrogen) atoms. The van der Waals surface area contributed by atoms with Crippen molar-refractivity contribution < 1.29 is 189 Å². The molecule has 4 heterocycles. The van der Waals surface area contributed by atoms with Crippen molar-refractivity contribution in [3.05, 3.63) is 169 Å². The number of para-hydroxylation sites is 3. The van der Waals surface area contributed by atoms with Gasteiger partial charge >= 0.3 is 179 Å². The number of benzene rings is 7. The number of hydrogen-bond donors (Lipinski definition) is 1. The molecule has 0 spiro atoms. The van der Waals surface area contributed by atoms with E-state index in [1.807, 2.05) is 72.9 Å². The van der Waals surface area contributed by atoms with Crippen molar-refractivity contribution >= 4 is 135 Å². The summed E-state index contributed by atoms with van der Waals surface area (Å²) in [5.41, 5.74) is 15.0. The predicted molar refractivity (Wildman–Crippen MR) is 434 cm³/mol. The topological polar surface area (TPSA) is 139 Å². The van der Waals surface area contributed by atoms with E-state index in [4.69, 9.17) is 54.7 Å². The predicted octanol–water partition coefficient (Wildman–Crippen LogP) is 21.4. The van der Waals surface area contributed by atoms with Gasteiger partial charge in [-0.3, -0.25) is 19.6 Å². The number of hydrogen-bond acceptors (Lipinski definition) is 8. The first-order chi connectivity index (χ1) is 50.4. The Hall–Kier alpha value is -1.38. The number of halogens is 3. The van der Waals surface area contributed by atoms with Crippen LogP contribution in [0.1, 0.15) is 215 Å². The maximum atomic E-state index is 10.0. The second-order valence-corrected chi connectivity index (χ2v) is 38.9. The molecule has 0 aliphatic heterocycles. The van der Waals surface area contributed by atoms with E-state index < -0.39 is 11.4 Å². The fraction of sp³-hybridized carbons (Fsp3) is 0.455. The second-order valence-electron chi connectivity index (χ2n) is 30.0. The molecule has 0 atom stereocenters. The summed E-state index contributed by atoms with van der Waals surface area (Å²) in [4.78, 5) is 30.6. The number of rotatable bonds is 9. The zero-order valence-corrected chi connectivity index (χ0v) is 80.7. The average Bonchev–Trinajstić information content (AvgIpc) is 1.41. The maximum Gasteiger partial charge on any atom is 1.00 e. The number of furan rings is 2. The first-order valence-electron chi connectivity index (χ1n) is 38.3. The summed E-state index contributed by atoms with van der Waals surface area (Å²) in [6.07, 6.45) is 50.9. The van der Waals surface area contributed by atoms with Crippen LogP contribution in [0.4, 0.5) is 0 Å². The van der Waals surface area contributed by atoms with Gasteiger partial charge < -0.3 is 25.5 Å². The van der Waals surface area contributed by atoms with E-state index in [1.165, 1.54) is 88.6 Å². The van der Waals surface area contributed by atoms with Crippen LogP contribution in [0.3, 0.4) is 0 Å². The number of nitrogens with zero attached hydrogens (tertiary/aromatic N) is 2.